The monoisotopic (exact) mass is 366 g/mol. The van der Waals surface area contributed by atoms with Gasteiger partial charge in [-0.1, -0.05) is 0 Å². The van der Waals surface area contributed by atoms with Gasteiger partial charge in [-0.2, -0.15) is 0 Å². The van der Waals surface area contributed by atoms with E-state index in [0.717, 1.165) is 0 Å². The first-order valence-corrected chi connectivity index (χ1v) is 5.39. The first-order valence-electron chi connectivity index (χ1n) is 3.46. The van der Waals surface area contributed by atoms with E-state index in [1.54, 1.807) is 0 Å². The molecule has 1 aliphatic heterocycles. The lowest BCUT2D eigenvalue weighted by Gasteiger charge is -2.37. The molecule has 1 heterocycles. The van der Waals surface area contributed by atoms with Crippen LogP contribution in [0.2, 0.25) is 0 Å². The quantitative estimate of drug-likeness (QED) is 0.479. The molecule has 4 heteroatoms. The number of rotatable bonds is 0. The van der Waals surface area contributed by atoms with E-state index in [4.69, 9.17) is 0 Å². The summed E-state index contributed by atoms with van der Waals surface area (Å²) in [6, 6.07) is 1.39. The van der Waals surface area contributed by atoms with Crippen molar-refractivity contribution >= 4 is 45.7 Å². The van der Waals surface area contributed by atoms with E-state index in [0.29, 0.717) is 12.1 Å². The second-order valence-electron chi connectivity index (χ2n) is 2.87. The maximum absolute atomic E-state index is 2.42. The highest BCUT2D eigenvalue weighted by Crippen LogP contribution is 2.21. The van der Waals surface area contributed by atoms with Crippen LogP contribution in [0.1, 0.15) is 13.8 Å². The molecule has 1 fully saturated rings. The minimum atomic E-state index is 0.696. The predicted octanol–water partition coefficient (Wildman–Crippen LogP) is 2.08. The van der Waals surface area contributed by atoms with Gasteiger partial charge in [0.05, 0.1) is 0 Å². The van der Waals surface area contributed by atoms with Crippen LogP contribution in [0.25, 0.3) is 0 Å². The van der Waals surface area contributed by atoms with Crippen molar-refractivity contribution < 1.29 is 0 Å². The van der Waals surface area contributed by atoms with Gasteiger partial charge < -0.3 is 0 Å². The summed E-state index contributed by atoms with van der Waals surface area (Å²) in [7, 11) is 0. The lowest BCUT2D eigenvalue weighted by molar-refractivity contribution is 0.213. The van der Waals surface area contributed by atoms with E-state index in [9.17, 15) is 0 Å². The van der Waals surface area contributed by atoms with Crippen LogP contribution in [-0.2, 0) is 0 Å². The molecule has 0 aromatic heterocycles. The second-order valence-corrected chi connectivity index (χ2v) is 5.35. The summed E-state index contributed by atoms with van der Waals surface area (Å²) in [5.41, 5.74) is 0. The molecule has 0 aromatic carbocycles. The fourth-order valence-corrected chi connectivity index (χ4v) is 2.73. The zero-order valence-electron chi connectivity index (χ0n) is 6.22. The first kappa shape index (κ1) is 9.47. The Morgan fingerprint density at radius 1 is 1.10 bits per heavy atom. The average Bonchev–Trinajstić information content (AvgIpc) is 1.82. The Morgan fingerprint density at radius 2 is 1.50 bits per heavy atom. The third-order valence-electron chi connectivity index (χ3n) is 1.77. The van der Waals surface area contributed by atoms with Crippen LogP contribution < -0.4 is 0 Å². The SMILES string of the molecule is C[C@@H]1CN(I)C[C@@H](C)N1I. The third kappa shape index (κ3) is 2.18. The van der Waals surface area contributed by atoms with Gasteiger partial charge in [0.15, 0.2) is 0 Å². The summed E-state index contributed by atoms with van der Waals surface area (Å²) in [4.78, 5) is 0. The standard InChI is InChI=1S/C6H12I2N2/c1-5-3-9(7)4-6(2)10(5)8/h5-6H,3-4H2,1-2H3/t5-,6-/m1/s1. The summed E-state index contributed by atoms with van der Waals surface area (Å²) >= 11 is 4.82. The van der Waals surface area contributed by atoms with Crippen LogP contribution in [0.5, 0.6) is 0 Å². The molecule has 0 bridgehead atoms. The van der Waals surface area contributed by atoms with Crippen molar-refractivity contribution in [3.05, 3.63) is 0 Å². The zero-order valence-corrected chi connectivity index (χ0v) is 10.5. The minimum Gasteiger partial charge on any atom is -0.244 e. The van der Waals surface area contributed by atoms with E-state index in [1.807, 2.05) is 0 Å². The Balaban J connectivity index is 2.49. The molecule has 2 nitrogen and oxygen atoms in total. The van der Waals surface area contributed by atoms with Crippen LogP contribution in [-0.4, -0.2) is 31.4 Å². The van der Waals surface area contributed by atoms with Gasteiger partial charge in [0, 0.05) is 70.9 Å². The number of halogens is 2. The molecule has 10 heavy (non-hydrogen) atoms. The lowest BCUT2D eigenvalue weighted by atomic mass is 10.2. The fraction of sp³-hybridized carbons (Fsp3) is 1.00. The van der Waals surface area contributed by atoms with Crippen LogP contribution in [0.15, 0.2) is 0 Å². The van der Waals surface area contributed by atoms with Gasteiger partial charge in [0.1, 0.15) is 0 Å². The van der Waals surface area contributed by atoms with Gasteiger partial charge in [0.25, 0.3) is 0 Å². The molecule has 0 saturated carbocycles. The highest BCUT2D eigenvalue weighted by molar-refractivity contribution is 14.1. The van der Waals surface area contributed by atoms with Crippen molar-refractivity contribution in [2.45, 2.75) is 25.9 Å². The van der Waals surface area contributed by atoms with Gasteiger partial charge >= 0.3 is 0 Å². The van der Waals surface area contributed by atoms with Crippen LogP contribution in [0.4, 0.5) is 0 Å². The van der Waals surface area contributed by atoms with Crippen molar-refractivity contribution in [3.63, 3.8) is 0 Å². The maximum atomic E-state index is 2.42. The summed E-state index contributed by atoms with van der Waals surface area (Å²) in [5.74, 6) is 0. The summed E-state index contributed by atoms with van der Waals surface area (Å²) < 4.78 is 4.77. The Hall–Kier alpha value is 1.38. The number of nitrogens with zero attached hydrogens (tertiary/aromatic N) is 2. The first-order chi connectivity index (χ1) is 4.61. The van der Waals surface area contributed by atoms with Gasteiger partial charge in [0.2, 0.25) is 0 Å². The number of hydrogen-bond donors (Lipinski definition) is 0. The van der Waals surface area contributed by atoms with Crippen molar-refractivity contribution in [1.82, 2.24) is 6.23 Å². The molecule has 1 saturated heterocycles. The molecule has 0 amide bonds. The van der Waals surface area contributed by atoms with E-state index in [-0.39, 0.29) is 0 Å². The highest BCUT2D eigenvalue weighted by atomic mass is 127. The van der Waals surface area contributed by atoms with Crippen LogP contribution >= 0.6 is 45.7 Å². The largest absolute Gasteiger partial charge is 0.244 e. The molecule has 0 radical (unpaired) electrons. The van der Waals surface area contributed by atoms with Crippen LogP contribution in [0, 0.1) is 0 Å². The molecule has 0 N–H and O–H groups in total. The molecule has 60 valence electrons. The van der Waals surface area contributed by atoms with Crippen molar-refractivity contribution in [3.8, 4) is 0 Å². The van der Waals surface area contributed by atoms with E-state index < -0.39 is 0 Å². The Bertz CT molecular complexity index is 108. The summed E-state index contributed by atoms with van der Waals surface area (Å²) in [6.07, 6.45) is 0. The number of piperazine rings is 1. The molecule has 0 aliphatic carbocycles. The third-order valence-corrected chi connectivity index (χ3v) is 4.46. The molecular formula is C6H12I2N2. The highest BCUT2D eigenvalue weighted by Gasteiger charge is 2.25. The van der Waals surface area contributed by atoms with Crippen LogP contribution in [0.3, 0.4) is 0 Å². The normalized spacial score (nSPS) is 38.4. The van der Waals surface area contributed by atoms with Crippen molar-refractivity contribution in [1.29, 1.82) is 0 Å². The van der Waals surface area contributed by atoms with Crippen molar-refractivity contribution in [2.24, 2.45) is 0 Å². The molecule has 0 aromatic rings. The summed E-state index contributed by atoms with van der Waals surface area (Å²) in [5, 5.41) is 0. The van der Waals surface area contributed by atoms with Gasteiger partial charge in [-0.05, 0) is 13.8 Å². The Kier molecular flexibility index (Phi) is 3.66. The maximum Gasteiger partial charge on any atom is 0.0305 e. The zero-order chi connectivity index (χ0) is 7.72. The van der Waals surface area contributed by atoms with E-state index in [2.05, 4.69) is 65.8 Å². The minimum absolute atomic E-state index is 0.696. The molecule has 0 unspecified atom stereocenters. The van der Waals surface area contributed by atoms with E-state index in [1.165, 1.54) is 13.1 Å². The Morgan fingerprint density at radius 3 is 1.90 bits per heavy atom. The van der Waals surface area contributed by atoms with E-state index >= 15 is 0 Å². The van der Waals surface area contributed by atoms with Gasteiger partial charge in [-0.3, -0.25) is 0 Å². The lowest BCUT2D eigenvalue weighted by Crippen LogP contribution is -2.48. The average molecular weight is 366 g/mol. The summed E-state index contributed by atoms with van der Waals surface area (Å²) in [6.45, 7) is 6.92. The topological polar surface area (TPSA) is 6.48 Å². The fourth-order valence-electron chi connectivity index (χ4n) is 1.24. The molecule has 1 aliphatic rings. The smallest absolute Gasteiger partial charge is 0.0305 e. The van der Waals surface area contributed by atoms with Gasteiger partial charge in [-0.25, -0.2) is 6.23 Å². The van der Waals surface area contributed by atoms with Gasteiger partial charge in [-0.15, -0.1) is 0 Å². The molecular weight excluding hydrogens is 354 g/mol. The number of hydrogen-bond acceptors (Lipinski definition) is 2. The molecule has 0 spiro atoms. The second kappa shape index (κ2) is 3.86. The predicted molar refractivity (Wildman–Crippen MR) is 60.4 cm³/mol. The van der Waals surface area contributed by atoms with Crippen molar-refractivity contribution in [2.75, 3.05) is 13.1 Å². The molecule has 2 atom stereocenters. The molecule has 1 rings (SSSR count). The Labute approximate surface area is 90.3 Å².